The molecule has 2 amide bonds. The number of amides is 2. The Morgan fingerprint density at radius 3 is 2.82 bits per heavy atom. The van der Waals surface area contributed by atoms with Crippen molar-refractivity contribution < 1.29 is 14.3 Å². The maximum atomic E-state index is 13.3. The van der Waals surface area contributed by atoms with Crippen LogP contribution in [0.3, 0.4) is 0 Å². The van der Waals surface area contributed by atoms with Crippen molar-refractivity contribution >= 4 is 22.7 Å². The number of ether oxygens (including phenoxy) is 1. The third-order valence-electron chi connectivity index (χ3n) is 6.91. The van der Waals surface area contributed by atoms with Crippen LogP contribution < -0.4 is 4.74 Å². The van der Waals surface area contributed by atoms with Gasteiger partial charge in [-0.2, -0.15) is 0 Å². The maximum absolute atomic E-state index is 13.3. The van der Waals surface area contributed by atoms with Gasteiger partial charge in [0.1, 0.15) is 12.4 Å². The van der Waals surface area contributed by atoms with Gasteiger partial charge in [0.05, 0.1) is 12.1 Å². The Hall–Kier alpha value is -3.41. The molecule has 3 heterocycles. The van der Waals surface area contributed by atoms with E-state index in [4.69, 9.17) is 4.74 Å². The molecule has 1 aromatic heterocycles. The van der Waals surface area contributed by atoms with E-state index in [1.165, 1.54) is 5.56 Å². The van der Waals surface area contributed by atoms with E-state index < -0.39 is 0 Å². The largest absolute Gasteiger partial charge is 0.492 e. The highest BCUT2D eigenvalue weighted by molar-refractivity contribution is 5.94. The van der Waals surface area contributed by atoms with Crippen molar-refractivity contribution in [3.05, 3.63) is 71.9 Å². The molecule has 2 aromatic carbocycles. The van der Waals surface area contributed by atoms with Gasteiger partial charge in [0.25, 0.3) is 5.91 Å². The first kappa shape index (κ1) is 22.4. The summed E-state index contributed by atoms with van der Waals surface area (Å²) in [6.45, 7) is 3.38. The SMILES string of the molecule is O=C1CCCN1CCOc1cccc(C(=O)N2CCCC(Cc3cccc4cccnc34)C2)c1. The van der Waals surface area contributed by atoms with E-state index >= 15 is 0 Å². The number of likely N-dealkylation sites (tertiary alicyclic amines) is 2. The van der Waals surface area contributed by atoms with Crippen LogP contribution in [0.5, 0.6) is 5.75 Å². The molecule has 1 unspecified atom stereocenters. The maximum Gasteiger partial charge on any atom is 0.253 e. The van der Waals surface area contributed by atoms with Crippen LogP contribution in [-0.4, -0.2) is 59.4 Å². The highest BCUT2D eigenvalue weighted by Gasteiger charge is 2.25. The van der Waals surface area contributed by atoms with E-state index in [0.717, 1.165) is 56.2 Å². The van der Waals surface area contributed by atoms with Crippen LogP contribution in [0, 0.1) is 5.92 Å². The molecule has 2 saturated heterocycles. The zero-order chi connectivity index (χ0) is 23.3. The molecule has 0 aliphatic carbocycles. The number of piperidine rings is 1. The average molecular weight is 458 g/mol. The number of rotatable bonds is 7. The molecule has 176 valence electrons. The number of aromatic nitrogens is 1. The van der Waals surface area contributed by atoms with E-state index in [-0.39, 0.29) is 11.8 Å². The molecule has 2 aliphatic rings. The summed E-state index contributed by atoms with van der Waals surface area (Å²) in [5, 5.41) is 1.16. The Morgan fingerprint density at radius 1 is 1.06 bits per heavy atom. The molecule has 5 rings (SSSR count). The molecular weight excluding hydrogens is 426 g/mol. The summed E-state index contributed by atoms with van der Waals surface area (Å²) in [6, 6.07) is 17.8. The minimum absolute atomic E-state index is 0.0564. The number of fused-ring (bicyclic) bond motifs is 1. The van der Waals surface area contributed by atoms with Gasteiger partial charge in [0, 0.05) is 43.2 Å². The summed E-state index contributed by atoms with van der Waals surface area (Å²) >= 11 is 0. The van der Waals surface area contributed by atoms with Crippen LogP contribution in [0.15, 0.2) is 60.8 Å². The second kappa shape index (κ2) is 10.2. The van der Waals surface area contributed by atoms with E-state index in [1.807, 2.05) is 46.3 Å². The first-order valence-corrected chi connectivity index (χ1v) is 12.3. The Balaban J connectivity index is 1.20. The van der Waals surface area contributed by atoms with E-state index in [2.05, 4.69) is 29.2 Å². The quantitative estimate of drug-likeness (QED) is 0.530. The van der Waals surface area contributed by atoms with Crippen molar-refractivity contribution in [2.24, 2.45) is 5.92 Å². The highest BCUT2D eigenvalue weighted by atomic mass is 16.5. The minimum Gasteiger partial charge on any atom is -0.492 e. The first-order chi connectivity index (χ1) is 16.7. The second-order valence-corrected chi connectivity index (χ2v) is 9.32. The topological polar surface area (TPSA) is 62.7 Å². The molecule has 0 bridgehead atoms. The fourth-order valence-electron chi connectivity index (χ4n) is 5.17. The molecule has 2 fully saturated rings. The van der Waals surface area contributed by atoms with Crippen LogP contribution in [0.1, 0.15) is 41.6 Å². The van der Waals surface area contributed by atoms with Gasteiger partial charge in [-0.25, -0.2) is 0 Å². The van der Waals surface area contributed by atoms with Gasteiger partial charge in [-0.15, -0.1) is 0 Å². The van der Waals surface area contributed by atoms with Crippen LogP contribution in [0.25, 0.3) is 10.9 Å². The second-order valence-electron chi connectivity index (χ2n) is 9.32. The molecule has 0 radical (unpaired) electrons. The smallest absolute Gasteiger partial charge is 0.253 e. The summed E-state index contributed by atoms with van der Waals surface area (Å²) in [4.78, 5) is 33.5. The number of carbonyl (C=O) groups is 2. The normalized spacial score (nSPS) is 18.5. The van der Waals surface area contributed by atoms with Crippen molar-refractivity contribution in [2.75, 3.05) is 32.8 Å². The van der Waals surface area contributed by atoms with Gasteiger partial charge < -0.3 is 14.5 Å². The molecule has 6 nitrogen and oxygen atoms in total. The predicted octanol–water partition coefficient (Wildman–Crippen LogP) is 4.33. The first-order valence-electron chi connectivity index (χ1n) is 12.3. The van der Waals surface area contributed by atoms with Gasteiger partial charge >= 0.3 is 0 Å². The molecule has 6 heteroatoms. The molecule has 0 spiro atoms. The minimum atomic E-state index is 0.0564. The molecule has 2 aliphatic heterocycles. The Labute approximate surface area is 200 Å². The van der Waals surface area contributed by atoms with Gasteiger partial charge in [0.2, 0.25) is 5.91 Å². The summed E-state index contributed by atoms with van der Waals surface area (Å²) < 4.78 is 5.86. The van der Waals surface area contributed by atoms with Gasteiger partial charge in [0.15, 0.2) is 0 Å². The number of benzene rings is 2. The standard InChI is InChI=1S/C28H31N3O3/c32-26-12-5-14-30(26)16-17-34-25-11-2-9-24(19-25)28(33)31-15-4-6-21(20-31)18-23-8-1-7-22-10-3-13-29-27(22)23/h1-3,7-11,13,19,21H,4-6,12,14-18,20H2. The lowest BCUT2D eigenvalue weighted by Crippen LogP contribution is -2.40. The van der Waals surface area contributed by atoms with Crippen LogP contribution in [0.2, 0.25) is 0 Å². The van der Waals surface area contributed by atoms with E-state index in [0.29, 0.717) is 36.8 Å². The lowest BCUT2D eigenvalue weighted by atomic mass is 9.90. The van der Waals surface area contributed by atoms with E-state index in [1.54, 1.807) is 0 Å². The van der Waals surface area contributed by atoms with Crippen molar-refractivity contribution in [1.29, 1.82) is 0 Å². The summed E-state index contributed by atoms with van der Waals surface area (Å²) in [5.41, 5.74) is 2.97. The van der Waals surface area contributed by atoms with Crippen molar-refractivity contribution in [3.63, 3.8) is 0 Å². The molecule has 0 N–H and O–H groups in total. The Kier molecular flexibility index (Phi) is 6.74. The molecule has 3 aromatic rings. The van der Waals surface area contributed by atoms with Crippen molar-refractivity contribution in [3.8, 4) is 5.75 Å². The van der Waals surface area contributed by atoms with E-state index in [9.17, 15) is 9.59 Å². The lowest BCUT2D eigenvalue weighted by Gasteiger charge is -2.33. The fraction of sp³-hybridized carbons (Fsp3) is 0.393. The molecule has 1 atom stereocenters. The number of hydrogen-bond acceptors (Lipinski definition) is 4. The number of nitrogens with zero attached hydrogens (tertiary/aromatic N) is 3. The summed E-state index contributed by atoms with van der Waals surface area (Å²) in [6.07, 6.45) is 6.46. The summed E-state index contributed by atoms with van der Waals surface area (Å²) in [5.74, 6) is 1.35. The van der Waals surface area contributed by atoms with Crippen LogP contribution in [0.4, 0.5) is 0 Å². The molecular formula is C28H31N3O3. The summed E-state index contributed by atoms with van der Waals surface area (Å²) in [7, 11) is 0. The zero-order valence-corrected chi connectivity index (χ0v) is 19.5. The van der Waals surface area contributed by atoms with Crippen molar-refractivity contribution in [2.45, 2.75) is 32.1 Å². The molecule has 0 saturated carbocycles. The number of para-hydroxylation sites is 1. The highest BCUT2D eigenvalue weighted by Crippen LogP contribution is 2.26. The third kappa shape index (κ3) is 5.06. The van der Waals surface area contributed by atoms with Crippen molar-refractivity contribution in [1.82, 2.24) is 14.8 Å². The van der Waals surface area contributed by atoms with Gasteiger partial charge in [-0.05, 0) is 61.4 Å². The number of hydrogen-bond donors (Lipinski definition) is 0. The van der Waals surface area contributed by atoms with Gasteiger partial charge in [-0.3, -0.25) is 14.6 Å². The van der Waals surface area contributed by atoms with Crippen LogP contribution in [-0.2, 0) is 11.2 Å². The predicted molar refractivity (Wildman–Crippen MR) is 132 cm³/mol. The average Bonchev–Trinajstić information content (AvgIpc) is 3.29. The molecule has 34 heavy (non-hydrogen) atoms. The van der Waals surface area contributed by atoms with Crippen LogP contribution >= 0.6 is 0 Å². The zero-order valence-electron chi connectivity index (χ0n) is 19.5. The third-order valence-corrected chi connectivity index (χ3v) is 6.91. The lowest BCUT2D eigenvalue weighted by molar-refractivity contribution is -0.128. The number of pyridine rings is 1. The van der Waals surface area contributed by atoms with Gasteiger partial charge in [-0.1, -0.05) is 30.3 Å². The fourth-order valence-corrected chi connectivity index (χ4v) is 5.17. The Morgan fingerprint density at radius 2 is 1.94 bits per heavy atom. The monoisotopic (exact) mass is 457 g/mol. The number of carbonyl (C=O) groups excluding carboxylic acids is 2. The Bertz CT molecular complexity index is 1170.